The molecule has 140 valence electrons. The number of para-hydroxylation sites is 1. The molecule has 0 saturated carbocycles. The van der Waals surface area contributed by atoms with Gasteiger partial charge in [-0.3, -0.25) is 9.59 Å². The number of primary amides is 1. The first kappa shape index (κ1) is 19.8. The van der Waals surface area contributed by atoms with E-state index >= 15 is 0 Å². The number of rotatable bonds is 5. The molecule has 0 unspecified atom stereocenters. The third kappa shape index (κ3) is 5.51. The van der Waals surface area contributed by atoms with Gasteiger partial charge in [-0.05, 0) is 24.3 Å². The maximum atomic E-state index is 12.9. The number of ether oxygens (including phenoxy) is 1. The maximum Gasteiger partial charge on any atom is 0.417 e. The van der Waals surface area contributed by atoms with Gasteiger partial charge in [-0.15, -0.1) is 0 Å². The Balaban J connectivity index is 1.90. The minimum atomic E-state index is -4.62. The van der Waals surface area contributed by atoms with E-state index in [1.807, 2.05) is 0 Å². The van der Waals surface area contributed by atoms with Gasteiger partial charge in [0.05, 0.1) is 23.2 Å². The Morgan fingerprint density at radius 2 is 1.63 bits per heavy atom. The standard InChI is InChI=1S/C19H15F3N2O3/c20-19(21,22)15-9-3-1-7-13(15)18(26)24-11-5-6-12-27-16-10-4-2-8-14(16)17(23)25/h1-4,7-10H,11-12H2,(H2,23,25)(H,24,26). The average molecular weight is 376 g/mol. The van der Waals surface area contributed by atoms with Crippen molar-refractivity contribution >= 4 is 11.8 Å². The van der Waals surface area contributed by atoms with E-state index in [2.05, 4.69) is 17.2 Å². The van der Waals surface area contributed by atoms with Crippen LogP contribution >= 0.6 is 0 Å². The third-order valence-corrected chi connectivity index (χ3v) is 3.39. The van der Waals surface area contributed by atoms with Crippen LogP contribution in [0.4, 0.5) is 13.2 Å². The molecule has 3 N–H and O–H groups in total. The van der Waals surface area contributed by atoms with E-state index in [1.165, 1.54) is 18.2 Å². The Bertz CT molecular complexity index is 899. The molecule has 0 heterocycles. The van der Waals surface area contributed by atoms with Crippen LogP contribution in [0.25, 0.3) is 0 Å². The summed E-state index contributed by atoms with van der Waals surface area (Å²) in [5.74, 6) is 3.89. The topological polar surface area (TPSA) is 81.4 Å². The van der Waals surface area contributed by atoms with Crippen LogP contribution in [0.15, 0.2) is 48.5 Å². The molecule has 0 aliphatic heterocycles. The molecule has 27 heavy (non-hydrogen) atoms. The summed E-state index contributed by atoms with van der Waals surface area (Å²) in [6.45, 7) is -0.245. The van der Waals surface area contributed by atoms with Crippen LogP contribution in [-0.2, 0) is 6.18 Å². The largest absolute Gasteiger partial charge is 0.480 e. The zero-order valence-corrected chi connectivity index (χ0v) is 14.0. The second-order valence-corrected chi connectivity index (χ2v) is 5.23. The van der Waals surface area contributed by atoms with Crippen LogP contribution in [0.3, 0.4) is 0 Å². The van der Waals surface area contributed by atoms with Gasteiger partial charge in [-0.25, -0.2) is 0 Å². The molecule has 0 spiro atoms. The van der Waals surface area contributed by atoms with E-state index in [9.17, 15) is 22.8 Å². The second kappa shape index (κ2) is 8.76. The van der Waals surface area contributed by atoms with Gasteiger partial charge in [0.25, 0.3) is 11.8 Å². The van der Waals surface area contributed by atoms with Crippen molar-refractivity contribution < 1.29 is 27.5 Å². The Morgan fingerprint density at radius 3 is 2.30 bits per heavy atom. The third-order valence-electron chi connectivity index (χ3n) is 3.39. The average Bonchev–Trinajstić information content (AvgIpc) is 2.63. The van der Waals surface area contributed by atoms with E-state index in [0.717, 1.165) is 12.1 Å². The molecular formula is C19H15F3N2O3. The lowest BCUT2D eigenvalue weighted by molar-refractivity contribution is -0.137. The molecule has 0 fully saturated rings. The SMILES string of the molecule is NC(=O)c1ccccc1OCC#CCNC(=O)c1ccccc1C(F)(F)F. The quantitative estimate of drug-likeness (QED) is 0.787. The molecule has 0 atom stereocenters. The molecule has 2 amide bonds. The van der Waals surface area contributed by atoms with Crippen molar-refractivity contribution in [3.63, 3.8) is 0 Å². The van der Waals surface area contributed by atoms with Crippen LogP contribution < -0.4 is 15.8 Å². The zero-order chi connectivity index (χ0) is 19.9. The Hall–Kier alpha value is -3.47. The number of carbonyl (C=O) groups excluding carboxylic acids is 2. The first-order chi connectivity index (χ1) is 12.8. The highest BCUT2D eigenvalue weighted by atomic mass is 19.4. The van der Waals surface area contributed by atoms with Gasteiger partial charge in [0.1, 0.15) is 12.4 Å². The number of carbonyl (C=O) groups is 2. The molecule has 0 radical (unpaired) electrons. The molecule has 0 aromatic heterocycles. The molecule has 5 nitrogen and oxygen atoms in total. The first-order valence-corrected chi connectivity index (χ1v) is 7.72. The maximum absolute atomic E-state index is 12.9. The summed E-state index contributed by atoms with van der Waals surface area (Å²) in [5.41, 5.74) is 3.93. The zero-order valence-electron chi connectivity index (χ0n) is 14.0. The molecular weight excluding hydrogens is 361 g/mol. The summed E-state index contributed by atoms with van der Waals surface area (Å²) < 4.78 is 44.0. The van der Waals surface area contributed by atoms with Gasteiger partial charge in [0, 0.05) is 0 Å². The predicted octanol–water partition coefficient (Wildman–Crippen LogP) is 2.62. The molecule has 0 aliphatic rings. The number of alkyl halides is 3. The highest BCUT2D eigenvalue weighted by molar-refractivity contribution is 5.96. The molecule has 0 saturated heterocycles. The van der Waals surface area contributed by atoms with E-state index in [4.69, 9.17) is 10.5 Å². The Kier molecular flexibility index (Phi) is 6.44. The highest BCUT2D eigenvalue weighted by Crippen LogP contribution is 2.31. The number of hydrogen-bond donors (Lipinski definition) is 2. The monoisotopic (exact) mass is 376 g/mol. The number of nitrogens with two attached hydrogens (primary N) is 1. The van der Waals surface area contributed by atoms with Crippen molar-refractivity contribution in [2.24, 2.45) is 5.73 Å². The molecule has 2 aromatic carbocycles. The number of amides is 2. The van der Waals surface area contributed by atoms with Crippen LogP contribution in [0, 0.1) is 11.8 Å². The van der Waals surface area contributed by atoms with Gasteiger partial charge in [-0.1, -0.05) is 36.1 Å². The van der Waals surface area contributed by atoms with E-state index in [0.29, 0.717) is 0 Å². The van der Waals surface area contributed by atoms with Gasteiger partial charge in [-0.2, -0.15) is 13.2 Å². The second-order valence-electron chi connectivity index (χ2n) is 5.23. The number of hydrogen-bond acceptors (Lipinski definition) is 3. The van der Waals surface area contributed by atoms with Crippen LogP contribution in [-0.4, -0.2) is 25.0 Å². The normalized spacial score (nSPS) is 10.5. The van der Waals surface area contributed by atoms with Crippen LogP contribution in [0.5, 0.6) is 5.75 Å². The number of nitrogens with one attached hydrogen (secondary N) is 1. The fraction of sp³-hybridized carbons (Fsp3) is 0.158. The molecule has 2 rings (SSSR count). The van der Waals surface area contributed by atoms with Crippen LogP contribution in [0.2, 0.25) is 0 Å². The Morgan fingerprint density at radius 1 is 1.00 bits per heavy atom. The van der Waals surface area contributed by atoms with Crippen molar-refractivity contribution in [2.45, 2.75) is 6.18 Å². The van der Waals surface area contributed by atoms with Crippen molar-refractivity contribution in [2.75, 3.05) is 13.2 Å². The number of halogens is 3. The predicted molar refractivity (Wildman–Crippen MR) is 92.0 cm³/mol. The van der Waals surface area contributed by atoms with Crippen LogP contribution in [0.1, 0.15) is 26.3 Å². The number of benzene rings is 2. The first-order valence-electron chi connectivity index (χ1n) is 7.72. The molecule has 8 heteroatoms. The van der Waals surface area contributed by atoms with Crippen molar-refractivity contribution in [1.29, 1.82) is 0 Å². The molecule has 0 bridgehead atoms. The minimum absolute atomic E-state index is 0.0840. The molecule has 2 aromatic rings. The van der Waals surface area contributed by atoms with Gasteiger partial charge in [0.15, 0.2) is 0 Å². The van der Waals surface area contributed by atoms with E-state index < -0.39 is 29.1 Å². The Labute approximate surface area is 153 Å². The summed E-state index contributed by atoms with van der Waals surface area (Å²) in [4.78, 5) is 23.2. The van der Waals surface area contributed by atoms with E-state index in [-0.39, 0.29) is 24.5 Å². The molecule has 0 aliphatic carbocycles. The summed E-state index contributed by atoms with van der Waals surface area (Å²) in [5, 5.41) is 2.30. The van der Waals surface area contributed by atoms with Crippen molar-refractivity contribution in [3.05, 3.63) is 65.2 Å². The minimum Gasteiger partial charge on any atom is -0.480 e. The fourth-order valence-corrected chi connectivity index (χ4v) is 2.17. The van der Waals surface area contributed by atoms with Gasteiger partial charge >= 0.3 is 6.18 Å². The lowest BCUT2D eigenvalue weighted by atomic mass is 10.1. The summed E-state index contributed by atoms with van der Waals surface area (Å²) in [6.07, 6.45) is -4.62. The summed E-state index contributed by atoms with van der Waals surface area (Å²) >= 11 is 0. The smallest absolute Gasteiger partial charge is 0.417 e. The lowest BCUT2D eigenvalue weighted by Gasteiger charge is -2.11. The van der Waals surface area contributed by atoms with Gasteiger partial charge < -0.3 is 15.8 Å². The van der Waals surface area contributed by atoms with Crippen molar-refractivity contribution in [1.82, 2.24) is 5.32 Å². The van der Waals surface area contributed by atoms with E-state index in [1.54, 1.807) is 18.2 Å². The lowest BCUT2D eigenvalue weighted by Crippen LogP contribution is -2.26. The fourth-order valence-electron chi connectivity index (χ4n) is 2.17. The van der Waals surface area contributed by atoms with Crippen molar-refractivity contribution in [3.8, 4) is 17.6 Å². The summed E-state index contributed by atoms with van der Waals surface area (Å²) in [6, 6.07) is 10.8. The summed E-state index contributed by atoms with van der Waals surface area (Å²) in [7, 11) is 0. The highest BCUT2D eigenvalue weighted by Gasteiger charge is 2.34. The van der Waals surface area contributed by atoms with Gasteiger partial charge in [0.2, 0.25) is 0 Å².